The van der Waals surface area contributed by atoms with Gasteiger partial charge in [0.25, 0.3) is 0 Å². The van der Waals surface area contributed by atoms with Crippen molar-refractivity contribution in [2.24, 2.45) is 0 Å². The molecule has 0 spiro atoms. The number of benzene rings is 2. The molecule has 0 amide bonds. The van der Waals surface area contributed by atoms with Crippen LogP contribution >= 0.6 is 11.6 Å². The van der Waals surface area contributed by atoms with Crippen LogP contribution < -0.4 is 5.32 Å². The lowest BCUT2D eigenvalue weighted by Crippen LogP contribution is -2.37. The predicted molar refractivity (Wildman–Crippen MR) is 121 cm³/mol. The highest BCUT2D eigenvalue weighted by Crippen LogP contribution is 2.28. The van der Waals surface area contributed by atoms with E-state index in [1.807, 2.05) is 12.1 Å². The number of carbonyl (C=O) groups excluding carboxylic acids is 1. The molecular weight excluding hydrogens is 412 g/mol. The van der Waals surface area contributed by atoms with Gasteiger partial charge in [0.1, 0.15) is 5.15 Å². The maximum absolute atomic E-state index is 11.6. The minimum Gasteiger partial charge on any atom is -0.465 e. The summed E-state index contributed by atoms with van der Waals surface area (Å²) in [6.45, 7) is 0.470. The van der Waals surface area contributed by atoms with Gasteiger partial charge in [0, 0.05) is 24.3 Å². The van der Waals surface area contributed by atoms with E-state index in [1.165, 1.54) is 18.2 Å². The number of fused-ring (bicyclic) bond motifs is 1. The Morgan fingerprint density at radius 2 is 1.94 bits per heavy atom. The first-order valence-electron chi connectivity index (χ1n) is 10.4. The maximum Gasteiger partial charge on any atom is 0.337 e. The van der Waals surface area contributed by atoms with Crippen LogP contribution in [0.1, 0.15) is 39.6 Å². The van der Waals surface area contributed by atoms with Gasteiger partial charge < -0.3 is 15.2 Å². The van der Waals surface area contributed by atoms with E-state index in [0.29, 0.717) is 23.3 Å². The molecule has 31 heavy (non-hydrogen) atoms. The van der Waals surface area contributed by atoms with Crippen molar-refractivity contribution >= 4 is 17.6 Å². The molecule has 0 bridgehead atoms. The van der Waals surface area contributed by atoms with E-state index in [0.717, 1.165) is 36.0 Å². The first-order chi connectivity index (χ1) is 15.0. The summed E-state index contributed by atoms with van der Waals surface area (Å²) in [4.78, 5) is 15.7. The lowest BCUT2D eigenvalue weighted by molar-refractivity contribution is 0.0600. The maximum atomic E-state index is 11.6. The molecular formula is C25H25ClN2O3. The van der Waals surface area contributed by atoms with Crippen molar-refractivity contribution in [1.82, 2.24) is 10.3 Å². The molecule has 1 aromatic heterocycles. The summed E-state index contributed by atoms with van der Waals surface area (Å²) in [6.07, 6.45) is 3.95. The van der Waals surface area contributed by atoms with Gasteiger partial charge in [0.15, 0.2) is 0 Å². The number of nitrogens with one attached hydrogen (secondary N) is 1. The second-order valence-electron chi connectivity index (χ2n) is 7.83. The van der Waals surface area contributed by atoms with Crippen molar-refractivity contribution in [1.29, 1.82) is 0 Å². The van der Waals surface area contributed by atoms with Gasteiger partial charge in [-0.05, 0) is 59.7 Å². The Morgan fingerprint density at radius 1 is 1.16 bits per heavy atom. The Morgan fingerprint density at radius 3 is 2.65 bits per heavy atom. The molecule has 3 aromatic rings. The number of aryl methyl sites for hydroxylation is 1. The topological polar surface area (TPSA) is 71.5 Å². The molecule has 6 heteroatoms. The molecule has 0 saturated carbocycles. The van der Waals surface area contributed by atoms with E-state index in [4.69, 9.17) is 16.3 Å². The molecule has 0 aliphatic heterocycles. The summed E-state index contributed by atoms with van der Waals surface area (Å²) in [5.74, 6) is -0.331. The smallest absolute Gasteiger partial charge is 0.337 e. The zero-order valence-electron chi connectivity index (χ0n) is 17.3. The van der Waals surface area contributed by atoms with Crippen molar-refractivity contribution in [2.45, 2.75) is 31.4 Å². The number of ether oxygens (including phenoxy) is 1. The third kappa shape index (κ3) is 5.13. The van der Waals surface area contributed by atoms with Crippen LogP contribution in [0.2, 0.25) is 5.15 Å². The van der Waals surface area contributed by atoms with Crippen molar-refractivity contribution in [3.63, 3.8) is 0 Å². The lowest BCUT2D eigenvalue weighted by Gasteiger charge is -2.27. The third-order valence-electron chi connectivity index (χ3n) is 5.81. The first kappa shape index (κ1) is 21.5. The van der Waals surface area contributed by atoms with E-state index >= 15 is 0 Å². The standard InChI is InChI=1S/C25H25ClN2O3/c1-31-25(30)18-5-2-16(3-6-18)19-7-4-17-8-10-22(13-21(17)12-19)27-15-23(29)20-9-11-24(26)28-14-20/h2-7,9,11-12,14,22-23,27,29H,8,10,13,15H2,1H3/t22-,23-/m0/s1. The van der Waals surface area contributed by atoms with Gasteiger partial charge in [-0.25, -0.2) is 9.78 Å². The van der Waals surface area contributed by atoms with Crippen LogP contribution in [0.25, 0.3) is 11.1 Å². The van der Waals surface area contributed by atoms with Gasteiger partial charge in [-0.3, -0.25) is 0 Å². The fraction of sp³-hybridized carbons (Fsp3) is 0.280. The van der Waals surface area contributed by atoms with Crippen molar-refractivity contribution in [2.75, 3.05) is 13.7 Å². The fourth-order valence-electron chi connectivity index (χ4n) is 4.01. The summed E-state index contributed by atoms with van der Waals surface area (Å²) in [5, 5.41) is 14.3. The molecule has 2 N–H and O–H groups in total. The summed E-state index contributed by atoms with van der Waals surface area (Å²) in [6, 6.07) is 17.8. The first-order valence-corrected chi connectivity index (χ1v) is 10.7. The molecule has 2 aromatic carbocycles. The number of halogens is 1. The number of hydrogen-bond donors (Lipinski definition) is 2. The van der Waals surface area contributed by atoms with E-state index in [2.05, 4.69) is 28.5 Å². The number of carbonyl (C=O) groups is 1. The minimum absolute atomic E-state index is 0.305. The van der Waals surface area contributed by atoms with Crippen LogP contribution in [0.4, 0.5) is 0 Å². The van der Waals surface area contributed by atoms with Gasteiger partial charge in [-0.15, -0.1) is 0 Å². The van der Waals surface area contributed by atoms with Gasteiger partial charge in [-0.1, -0.05) is 48.0 Å². The monoisotopic (exact) mass is 436 g/mol. The molecule has 0 saturated heterocycles. The normalized spacial score (nSPS) is 16.4. The van der Waals surface area contributed by atoms with Crippen molar-refractivity contribution in [3.05, 3.63) is 88.2 Å². The van der Waals surface area contributed by atoms with E-state index < -0.39 is 6.10 Å². The van der Waals surface area contributed by atoms with Crippen molar-refractivity contribution < 1.29 is 14.6 Å². The molecule has 1 heterocycles. The molecule has 1 aliphatic rings. The molecule has 2 atom stereocenters. The SMILES string of the molecule is COC(=O)c1ccc(-c2ccc3c(c2)C[C@@H](NC[C@H](O)c2ccc(Cl)nc2)CC3)cc1. The number of nitrogens with zero attached hydrogens (tertiary/aromatic N) is 1. The highest BCUT2D eigenvalue weighted by Gasteiger charge is 2.20. The van der Waals surface area contributed by atoms with E-state index in [1.54, 1.807) is 30.5 Å². The summed E-state index contributed by atoms with van der Waals surface area (Å²) < 4.78 is 4.77. The predicted octanol–water partition coefficient (Wildman–Crippen LogP) is 4.37. The molecule has 0 fully saturated rings. The number of aromatic nitrogens is 1. The zero-order chi connectivity index (χ0) is 21.8. The zero-order valence-corrected chi connectivity index (χ0v) is 18.1. The van der Waals surface area contributed by atoms with E-state index in [9.17, 15) is 9.90 Å². The highest BCUT2D eigenvalue weighted by molar-refractivity contribution is 6.29. The summed E-state index contributed by atoms with van der Waals surface area (Å²) >= 11 is 5.82. The van der Waals surface area contributed by atoms with Crippen LogP contribution in [0.5, 0.6) is 0 Å². The minimum atomic E-state index is -0.620. The second-order valence-corrected chi connectivity index (χ2v) is 8.22. The Balaban J connectivity index is 1.41. The number of methoxy groups -OCH3 is 1. The van der Waals surface area contributed by atoms with Crippen molar-refractivity contribution in [3.8, 4) is 11.1 Å². The molecule has 5 nitrogen and oxygen atoms in total. The number of aliphatic hydroxyl groups is 1. The van der Waals surface area contributed by atoms with Crippen LogP contribution in [-0.2, 0) is 17.6 Å². The number of pyridine rings is 1. The average molecular weight is 437 g/mol. The van der Waals surface area contributed by atoms with Crippen LogP contribution in [0, 0.1) is 0 Å². The average Bonchev–Trinajstić information content (AvgIpc) is 2.82. The van der Waals surface area contributed by atoms with Gasteiger partial charge in [-0.2, -0.15) is 0 Å². The second kappa shape index (κ2) is 9.60. The van der Waals surface area contributed by atoms with Crippen LogP contribution in [0.3, 0.4) is 0 Å². The lowest BCUT2D eigenvalue weighted by atomic mass is 9.86. The molecule has 0 radical (unpaired) electrons. The van der Waals surface area contributed by atoms with Gasteiger partial charge in [0.2, 0.25) is 0 Å². The molecule has 1 aliphatic carbocycles. The third-order valence-corrected chi connectivity index (χ3v) is 6.03. The number of esters is 1. The largest absolute Gasteiger partial charge is 0.465 e. The Bertz CT molecular complexity index is 1050. The van der Waals surface area contributed by atoms with Crippen LogP contribution in [0.15, 0.2) is 60.8 Å². The summed E-state index contributed by atoms with van der Waals surface area (Å²) in [5.41, 5.74) is 6.18. The van der Waals surface area contributed by atoms with Crippen LogP contribution in [-0.4, -0.2) is 35.8 Å². The number of aliphatic hydroxyl groups excluding tert-OH is 1. The number of rotatable bonds is 6. The number of hydrogen-bond acceptors (Lipinski definition) is 5. The molecule has 160 valence electrons. The Kier molecular flexibility index (Phi) is 6.66. The Hall–Kier alpha value is -2.73. The quantitative estimate of drug-likeness (QED) is 0.443. The molecule has 4 rings (SSSR count). The van der Waals surface area contributed by atoms with Gasteiger partial charge in [0.05, 0.1) is 18.8 Å². The summed E-state index contributed by atoms with van der Waals surface area (Å²) in [7, 11) is 1.38. The van der Waals surface area contributed by atoms with Gasteiger partial charge >= 0.3 is 5.97 Å². The highest BCUT2D eigenvalue weighted by atomic mass is 35.5. The Labute approximate surface area is 187 Å². The molecule has 0 unspecified atom stereocenters. The van der Waals surface area contributed by atoms with E-state index in [-0.39, 0.29) is 5.97 Å². The fourth-order valence-corrected chi connectivity index (χ4v) is 4.12.